The number of rotatable bonds is 58. The third-order valence-electron chi connectivity index (χ3n) is 13.5. The van der Waals surface area contributed by atoms with Crippen molar-refractivity contribution in [2.45, 2.75) is 284 Å². The molecule has 1 unspecified atom stereocenters. The first-order valence-corrected chi connectivity index (χ1v) is 33.0. The fraction of sp³-hybridized carbons (Fsp3) is 0.613. The van der Waals surface area contributed by atoms with E-state index in [1.165, 1.54) is 83.5 Å². The number of unbranched alkanes of at least 4 members (excludes halogenated alkanes) is 21. The highest BCUT2D eigenvalue weighted by Gasteiger charge is 2.19. The molecule has 81 heavy (non-hydrogen) atoms. The highest BCUT2D eigenvalue weighted by molar-refractivity contribution is 5.71. The summed E-state index contributed by atoms with van der Waals surface area (Å²) in [6, 6.07) is 0. The lowest BCUT2D eigenvalue weighted by Gasteiger charge is -2.18. The first-order chi connectivity index (χ1) is 40.0. The monoisotopic (exact) mass is 1120 g/mol. The molecule has 0 aliphatic rings. The van der Waals surface area contributed by atoms with Gasteiger partial charge < -0.3 is 14.2 Å². The maximum Gasteiger partial charge on any atom is 0.306 e. The molecule has 6 heteroatoms. The van der Waals surface area contributed by atoms with Crippen molar-refractivity contribution in [2.75, 3.05) is 13.2 Å². The number of hydrogen-bond acceptors (Lipinski definition) is 6. The Hall–Kier alpha value is -4.97. The summed E-state index contributed by atoms with van der Waals surface area (Å²) in [4.78, 5) is 38.4. The molecule has 0 aliphatic heterocycles. The van der Waals surface area contributed by atoms with E-state index in [1.807, 2.05) is 0 Å². The van der Waals surface area contributed by atoms with Crippen molar-refractivity contribution in [3.05, 3.63) is 158 Å². The van der Waals surface area contributed by atoms with E-state index in [2.05, 4.69) is 179 Å². The number of carbonyl (C=O) groups excluding carboxylic acids is 3. The molecule has 0 bridgehead atoms. The number of hydrogen-bond donors (Lipinski definition) is 0. The summed E-state index contributed by atoms with van der Waals surface area (Å²) >= 11 is 0. The molecule has 6 nitrogen and oxygen atoms in total. The van der Waals surface area contributed by atoms with Crippen molar-refractivity contribution in [3.63, 3.8) is 0 Å². The number of allylic oxidation sites excluding steroid dienone is 26. The molecule has 0 aromatic carbocycles. The van der Waals surface area contributed by atoms with Crippen LogP contribution >= 0.6 is 0 Å². The van der Waals surface area contributed by atoms with Gasteiger partial charge in [0.15, 0.2) is 6.10 Å². The van der Waals surface area contributed by atoms with Gasteiger partial charge in [-0.05, 0) is 148 Å². The standard InChI is InChI=1S/C75H120O6/c1-4-7-10-13-16-19-22-25-28-31-34-35-36-37-38-39-42-44-47-50-53-56-59-62-65-68-74(77)80-71-72(81-75(78)69-66-63-60-57-54-51-48-45-41-33-30-27-24-21-18-15-12-9-6-3)70-79-73(76)67-64-61-58-55-52-49-46-43-40-32-29-26-23-20-17-14-11-8-5-2/h7,9-10,12,16-21,25-30,34-35,37-38,41-42,44-45,50,53,72H,4-6,8,11,13-15,22-24,31-33,36,39-40,43,46-49,51-52,54-71H2,1-3H3/b10-7-,12-9-,19-16-,20-17-,21-18-,28-25-,29-26-,30-27-,35-34-,38-37-,44-42-,45-41-,53-50-. The lowest BCUT2D eigenvalue weighted by atomic mass is 10.1. The van der Waals surface area contributed by atoms with Gasteiger partial charge in [0.1, 0.15) is 13.2 Å². The molecule has 0 saturated heterocycles. The molecule has 0 aromatic heterocycles. The van der Waals surface area contributed by atoms with Crippen LogP contribution in [0.15, 0.2) is 158 Å². The SMILES string of the molecule is CC/C=C\C/C=C\C/C=C\C/C=C\C/C=C\C/C=C\C/C=C\CCCCCC(=O)OCC(COC(=O)CCCCCCCCCCC/C=C\C/C=C\CCCCC)OC(=O)CCCCCCCC/C=C\C/C=C\C/C=C\C/C=C\CC. The number of esters is 3. The first kappa shape index (κ1) is 76.0. The molecule has 0 rings (SSSR count). The molecule has 0 spiro atoms. The lowest BCUT2D eigenvalue weighted by Crippen LogP contribution is -2.30. The maximum absolute atomic E-state index is 12.9. The van der Waals surface area contributed by atoms with E-state index in [0.29, 0.717) is 19.3 Å². The minimum absolute atomic E-state index is 0.103. The molecule has 456 valence electrons. The van der Waals surface area contributed by atoms with Crippen LogP contribution in [0.3, 0.4) is 0 Å². The average molecular weight is 1120 g/mol. The average Bonchev–Trinajstić information content (AvgIpc) is 3.47. The number of ether oxygens (including phenoxy) is 3. The molecule has 0 amide bonds. The van der Waals surface area contributed by atoms with Crippen molar-refractivity contribution in [2.24, 2.45) is 0 Å². The predicted octanol–water partition coefficient (Wildman–Crippen LogP) is 22.9. The third-order valence-corrected chi connectivity index (χ3v) is 13.5. The van der Waals surface area contributed by atoms with Crippen LogP contribution in [0.1, 0.15) is 278 Å². The smallest absolute Gasteiger partial charge is 0.306 e. The lowest BCUT2D eigenvalue weighted by molar-refractivity contribution is -0.167. The third kappa shape index (κ3) is 65.7. The summed E-state index contributed by atoms with van der Waals surface area (Å²) < 4.78 is 16.9. The van der Waals surface area contributed by atoms with E-state index in [0.717, 1.165) is 154 Å². The molecule has 1 atom stereocenters. The van der Waals surface area contributed by atoms with Crippen LogP contribution in [-0.4, -0.2) is 37.2 Å². The quantitative estimate of drug-likeness (QED) is 0.0261. The molecule has 0 saturated carbocycles. The topological polar surface area (TPSA) is 78.9 Å². The van der Waals surface area contributed by atoms with Crippen molar-refractivity contribution in [3.8, 4) is 0 Å². The minimum atomic E-state index is -0.812. The van der Waals surface area contributed by atoms with Gasteiger partial charge in [-0.15, -0.1) is 0 Å². The van der Waals surface area contributed by atoms with Gasteiger partial charge in [-0.1, -0.05) is 269 Å². The maximum atomic E-state index is 12.9. The zero-order valence-electron chi connectivity index (χ0n) is 52.2. The van der Waals surface area contributed by atoms with Gasteiger partial charge in [-0.2, -0.15) is 0 Å². The van der Waals surface area contributed by atoms with Gasteiger partial charge in [0, 0.05) is 19.3 Å². The number of carbonyl (C=O) groups is 3. The first-order valence-electron chi connectivity index (χ1n) is 33.0. The van der Waals surface area contributed by atoms with Gasteiger partial charge in [0.2, 0.25) is 0 Å². The van der Waals surface area contributed by atoms with Crippen molar-refractivity contribution >= 4 is 17.9 Å². The highest BCUT2D eigenvalue weighted by atomic mass is 16.6. The molecule has 0 radical (unpaired) electrons. The van der Waals surface area contributed by atoms with E-state index in [-0.39, 0.29) is 31.1 Å². The summed E-state index contributed by atoms with van der Waals surface area (Å²) in [5.41, 5.74) is 0. The second kappa shape index (κ2) is 67.5. The predicted molar refractivity (Wildman–Crippen MR) is 352 cm³/mol. The highest BCUT2D eigenvalue weighted by Crippen LogP contribution is 2.15. The molecule has 0 aromatic rings. The van der Waals surface area contributed by atoms with Crippen LogP contribution in [0.4, 0.5) is 0 Å². The Kier molecular flexibility index (Phi) is 63.4. The molecular formula is C75H120O6. The fourth-order valence-electron chi connectivity index (χ4n) is 8.62. The summed E-state index contributed by atoms with van der Waals surface area (Å²) in [6.07, 6.45) is 98.1. The van der Waals surface area contributed by atoms with E-state index in [9.17, 15) is 14.4 Å². The van der Waals surface area contributed by atoms with Crippen LogP contribution in [0, 0.1) is 0 Å². The largest absolute Gasteiger partial charge is 0.462 e. The van der Waals surface area contributed by atoms with Crippen LogP contribution in [0.5, 0.6) is 0 Å². The van der Waals surface area contributed by atoms with Gasteiger partial charge in [-0.25, -0.2) is 0 Å². The second-order valence-corrected chi connectivity index (χ2v) is 21.3. The summed E-state index contributed by atoms with van der Waals surface area (Å²) in [7, 11) is 0. The summed E-state index contributed by atoms with van der Waals surface area (Å²) in [5.74, 6) is -0.955. The van der Waals surface area contributed by atoms with Crippen LogP contribution in [0.2, 0.25) is 0 Å². The van der Waals surface area contributed by atoms with E-state index >= 15 is 0 Å². The van der Waals surface area contributed by atoms with Crippen LogP contribution in [0.25, 0.3) is 0 Å². The van der Waals surface area contributed by atoms with E-state index < -0.39 is 6.10 Å². The molecular weight excluding hydrogens is 997 g/mol. The molecule has 0 N–H and O–H groups in total. The van der Waals surface area contributed by atoms with Crippen LogP contribution < -0.4 is 0 Å². The summed E-state index contributed by atoms with van der Waals surface area (Å²) in [6.45, 7) is 6.35. The minimum Gasteiger partial charge on any atom is -0.462 e. The Morgan fingerprint density at radius 2 is 0.481 bits per heavy atom. The van der Waals surface area contributed by atoms with Gasteiger partial charge >= 0.3 is 17.9 Å². The fourth-order valence-corrected chi connectivity index (χ4v) is 8.62. The Balaban J connectivity index is 4.51. The van der Waals surface area contributed by atoms with Gasteiger partial charge in [-0.3, -0.25) is 14.4 Å². The normalized spacial score (nSPS) is 13.2. The Morgan fingerprint density at radius 3 is 0.765 bits per heavy atom. The zero-order valence-corrected chi connectivity index (χ0v) is 52.2. The van der Waals surface area contributed by atoms with Gasteiger partial charge in [0.05, 0.1) is 0 Å². The van der Waals surface area contributed by atoms with E-state index in [4.69, 9.17) is 14.2 Å². The Morgan fingerprint density at radius 1 is 0.259 bits per heavy atom. The Labute approximate surface area is 499 Å². The van der Waals surface area contributed by atoms with Crippen molar-refractivity contribution in [1.29, 1.82) is 0 Å². The second-order valence-electron chi connectivity index (χ2n) is 21.3. The summed E-state index contributed by atoms with van der Waals surface area (Å²) in [5, 5.41) is 0. The van der Waals surface area contributed by atoms with Gasteiger partial charge in [0.25, 0.3) is 0 Å². The molecule has 0 heterocycles. The van der Waals surface area contributed by atoms with E-state index in [1.54, 1.807) is 0 Å². The van der Waals surface area contributed by atoms with Crippen molar-refractivity contribution in [1.82, 2.24) is 0 Å². The van der Waals surface area contributed by atoms with Crippen LogP contribution in [-0.2, 0) is 28.6 Å². The molecule has 0 aliphatic carbocycles. The van der Waals surface area contributed by atoms with Crippen molar-refractivity contribution < 1.29 is 28.6 Å². The molecule has 0 fully saturated rings. The Bertz CT molecular complexity index is 1810. The zero-order chi connectivity index (χ0) is 58.5.